The van der Waals surface area contributed by atoms with Crippen molar-refractivity contribution in [2.24, 2.45) is 0 Å². The smallest absolute Gasteiger partial charge is 0.293 e. The fourth-order valence-corrected chi connectivity index (χ4v) is 2.70. The SMILES string of the molecule is CNC(=O)c1ccc(NCC(c2c(F)cccc2F)N(C)C)c([N+](=O)[O-])c1. The lowest BCUT2D eigenvalue weighted by Crippen LogP contribution is -2.28. The normalized spacial score (nSPS) is 11.9. The molecule has 0 spiro atoms. The number of hydrogen-bond donors (Lipinski definition) is 2. The van der Waals surface area contributed by atoms with Crippen LogP contribution in [-0.4, -0.2) is 43.4 Å². The van der Waals surface area contributed by atoms with Gasteiger partial charge >= 0.3 is 0 Å². The van der Waals surface area contributed by atoms with E-state index in [0.717, 1.165) is 18.2 Å². The van der Waals surface area contributed by atoms with Gasteiger partial charge in [0.05, 0.1) is 11.0 Å². The summed E-state index contributed by atoms with van der Waals surface area (Å²) in [5.41, 5.74) is -0.141. The van der Waals surface area contributed by atoms with Crippen molar-refractivity contribution in [2.45, 2.75) is 6.04 Å². The summed E-state index contributed by atoms with van der Waals surface area (Å²) in [5, 5.41) is 16.6. The van der Waals surface area contributed by atoms with Crippen molar-refractivity contribution in [3.05, 3.63) is 69.3 Å². The second-order valence-electron chi connectivity index (χ2n) is 6.06. The third kappa shape index (κ3) is 4.56. The van der Waals surface area contributed by atoms with Crippen LogP contribution in [0.1, 0.15) is 22.0 Å². The maximum atomic E-state index is 14.1. The Bertz CT molecular complexity index is 838. The van der Waals surface area contributed by atoms with E-state index in [9.17, 15) is 23.7 Å². The minimum atomic E-state index is -0.704. The highest BCUT2D eigenvalue weighted by Gasteiger charge is 2.24. The number of benzene rings is 2. The molecule has 2 N–H and O–H groups in total. The number of nitro benzene ring substituents is 1. The van der Waals surface area contributed by atoms with Gasteiger partial charge in [-0.1, -0.05) is 6.07 Å². The van der Waals surface area contributed by atoms with Crippen LogP contribution in [0.4, 0.5) is 20.2 Å². The lowest BCUT2D eigenvalue weighted by atomic mass is 10.0. The minimum absolute atomic E-state index is 0.0189. The van der Waals surface area contributed by atoms with Crippen molar-refractivity contribution in [3.8, 4) is 0 Å². The van der Waals surface area contributed by atoms with Gasteiger partial charge in [0.15, 0.2) is 0 Å². The van der Waals surface area contributed by atoms with E-state index < -0.39 is 28.5 Å². The van der Waals surface area contributed by atoms with Crippen molar-refractivity contribution in [1.29, 1.82) is 0 Å². The molecule has 0 radical (unpaired) electrons. The van der Waals surface area contributed by atoms with Gasteiger partial charge < -0.3 is 15.5 Å². The van der Waals surface area contributed by atoms with Crippen molar-refractivity contribution in [1.82, 2.24) is 10.2 Å². The van der Waals surface area contributed by atoms with Crippen molar-refractivity contribution in [3.63, 3.8) is 0 Å². The third-order valence-electron chi connectivity index (χ3n) is 4.13. The van der Waals surface area contributed by atoms with Gasteiger partial charge in [0, 0.05) is 30.8 Å². The Morgan fingerprint density at radius 2 is 1.85 bits per heavy atom. The fourth-order valence-electron chi connectivity index (χ4n) is 2.70. The molecule has 0 fully saturated rings. The molecule has 0 bridgehead atoms. The average molecular weight is 378 g/mol. The summed E-state index contributed by atoms with van der Waals surface area (Å²) in [4.78, 5) is 24.0. The van der Waals surface area contributed by atoms with Crippen molar-refractivity contribution in [2.75, 3.05) is 33.0 Å². The number of carbonyl (C=O) groups is 1. The molecule has 2 aromatic carbocycles. The highest BCUT2D eigenvalue weighted by atomic mass is 19.1. The van der Waals surface area contributed by atoms with Crippen LogP contribution >= 0.6 is 0 Å². The number of carbonyl (C=O) groups excluding carboxylic acids is 1. The zero-order valence-electron chi connectivity index (χ0n) is 15.1. The number of nitrogens with zero attached hydrogens (tertiary/aromatic N) is 2. The first-order chi connectivity index (χ1) is 12.8. The highest BCUT2D eigenvalue weighted by Crippen LogP contribution is 2.29. The Labute approximate surface area is 155 Å². The van der Waals surface area contributed by atoms with Crippen LogP contribution in [0.25, 0.3) is 0 Å². The van der Waals surface area contributed by atoms with Gasteiger partial charge in [-0.15, -0.1) is 0 Å². The summed E-state index contributed by atoms with van der Waals surface area (Å²) in [7, 11) is 4.73. The third-order valence-corrected chi connectivity index (χ3v) is 4.13. The minimum Gasteiger partial charge on any atom is -0.378 e. The Hall–Kier alpha value is -3.07. The highest BCUT2D eigenvalue weighted by molar-refractivity contribution is 5.95. The van der Waals surface area contributed by atoms with Crippen LogP contribution in [-0.2, 0) is 0 Å². The van der Waals surface area contributed by atoms with Gasteiger partial charge in [0.2, 0.25) is 0 Å². The van der Waals surface area contributed by atoms with Gasteiger partial charge in [0.25, 0.3) is 11.6 Å². The zero-order chi connectivity index (χ0) is 20.1. The van der Waals surface area contributed by atoms with E-state index in [1.165, 1.54) is 25.2 Å². The van der Waals surface area contributed by atoms with Gasteiger partial charge in [-0.3, -0.25) is 14.9 Å². The zero-order valence-corrected chi connectivity index (χ0v) is 15.1. The maximum absolute atomic E-state index is 14.1. The molecule has 9 heteroatoms. The quantitative estimate of drug-likeness (QED) is 0.571. The number of nitrogens with one attached hydrogen (secondary N) is 2. The fraction of sp³-hybridized carbons (Fsp3) is 0.278. The Kier molecular flexibility index (Phi) is 6.40. The summed E-state index contributed by atoms with van der Waals surface area (Å²) in [5.74, 6) is -1.84. The molecule has 2 rings (SSSR count). The monoisotopic (exact) mass is 378 g/mol. The summed E-state index contributed by atoms with van der Waals surface area (Å²) in [6.45, 7) is 0.0189. The first kappa shape index (κ1) is 20.2. The maximum Gasteiger partial charge on any atom is 0.293 e. The second-order valence-corrected chi connectivity index (χ2v) is 6.06. The van der Waals surface area contributed by atoms with Gasteiger partial charge in [0.1, 0.15) is 17.3 Å². The largest absolute Gasteiger partial charge is 0.378 e. The first-order valence-electron chi connectivity index (χ1n) is 8.11. The van der Waals surface area contributed by atoms with Gasteiger partial charge in [-0.25, -0.2) is 8.78 Å². The Balaban J connectivity index is 2.32. The molecule has 0 aliphatic carbocycles. The number of rotatable bonds is 7. The molecule has 1 atom stereocenters. The molecule has 0 saturated heterocycles. The predicted molar refractivity (Wildman–Crippen MR) is 97.8 cm³/mol. The summed E-state index contributed by atoms with van der Waals surface area (Å²) < 4.78 is 28.3. The van der Waals surface area contributed by atoms with E-state index in [4.69, 9.17) is 0 Å². The lowest BCUT2D eigenvalue weighted by molar-refractivity contribution is -0.384. The number of amides is 1. The first-order valence-corrected chi connectivity index (χ1v) is 8.11. The molecular formula is C18H20F2N4O3. The van der Waals surface area contributed by atoms with E-state index in [-0.39, 0.29) is 29.0 Å². The summed E-state index contributed by atoms with van der Waals surface area (Å²) in [6, 6.07) is 6.87. The molecule has 1 amide bonds. The average Bonchev–Trinajstić information content (AvgIpc) is 2.62. The predicted octanol–water partition coefficient (Wildman–Crippen LogP) is 2.95. The number of likely N-dealkylation sites (N-methyl/N-ethyl adjacent to an activating group) is 1. The standard InChI is InChI=1S/C18H20F2N4O3/c1-21-18(25)11-7-8-14(15(9-11)24(26)27)22-10-16(23(2)3)17-12(19)5-4-6-13(17)20/h4-9,16,22H,10H2,1-3H3,(H,21,25). The molecule has 0 aromatic heterocycles. The van der Waals surface area contributed by atoms with Crippen LogP contribution in [0, 0.1) is 21.7 Å². The van der Waals surface area contributed by atoms with Crippen molar-refractivity contribution >= 4 is 17.3 Å². The topological polar surface area (TPSA) is 87.5 Å². The van der Waals surface area contributed by atoms with Crippen molar-refractivity contribution < 1.29 is 18.5 Å². The molecule has 0 saturated carbocycles. The van der Waals surface area contributed by atoms with E-state index in [0.29, 0.717) is 0 Å². The van der Waals surface area contributed by atoms with E-state index >= 15 is 0 Å². The molecule has 1 unspecified atom stereocenters. The molecule has 2 aromatic rings. The molecule has 7 nitrogen and oxygen atoms in total. The van der Waals surface area contributed by atoms with E-state index in [2.05, 4.69) is 10.6 Å². The summed E-state index contributed by atoms with van der Waals surface area (Å²) in [6.07, 6.45) is 0. The summed E-state index contributed by atoms with van der Waals surface area (Å²) >= 11 is 0. The molecular weight excluding hydrogens is 358 g/mol. The van der Waals surface area contributed by atoms with Gasteiger partial charge in [-0.05, 0) is 38.4 Å². The van der Waals surface area contributed by atoms with Crippen LogP contribution in [0.5, 0.6) is 0 Å². The van der Waals surface area contributed by atoms with E-state index in [1.807, 2.05) is 0 Å². The second kappa shape index (κ2) is 8.54. The lowest BCUT2D eigenvalue weighted by Gasteiger charge is -2.26. The molecule has 27 heavy (non-hydrogen) atoms. The molecule has 0 heterocycles. The number of nitro groups is 1. The molecule has 0 aliphatic rings. The van der Waals surface area contributed by atoms with Crippen LogP contribution in [0.2, 0.25) is 0 Å². The van der Waals surface area contributed by atoms with Crippen LogP contribution in [0.15, 0.2) is 36.4 Å². The van der Waals surface area contributed by atoms with Crippen LogP contribution in [0.3, 0.4) is 0 Å². The Morgan fingerprint density at radius 3 is 2.37 bits per heavy atom. The van der Waals surface area contributed by atoms with E-state index in [1.54, 1.807) is 19.0 Å². The molecule has 0 aliphatic heterocycles. The Morgan fingerprint density at radius 1 is 1.22 bits per heavy atom. The number of hydrogen-bond acceptors (Lipinski definition) is 5. The molecule has 144 valence electrons. The van der Waals surface area contributed by atoms with Gasteiger partial charge in [-0.2, -0.15) is 0 Å². The number of anilines is 1. The van der Waals surface area contributed by atoms with Crippen LogP contribution < -0.4 is 10.6 Å². The number of halogens is 2.